The molecule has 1 unspecified atom stereocenters. The second-order valence-corrected chi connectivity index (χ2v) is 3.92. The van der Waals surface area contributed by atoms with Crippen molar-refractivity contribution < 1.29 is 0 Å². The van der Waals surface area contributed by atoms with E-state index in [1.54, 1.807) is 0 Å². The van der Waals surface area contributed by atoms with Gasteiger partial charge in [0.05, 0.1) is 5.54 Å². The molecule has 0 fully saturated rings. The van der Waals surface area contributed by atoms with Crippen LogP contribution in [0.4, 0.5) is 0 Å². The summed E-state index contributed by atoms with van der Waals surface area (Å²) in [5, 5.41) is 0. The molecular weight excluding hydrogens is 134 g/mol. The number of dihydropyridines is 1. The van der Waals surface area contributed by atoms with Crippen molar-refractivity contribution in [3.8, 4) is 0 Å². The first-order valence-corrected chi connectivity index (χ1v) is 4.26. The van der Waals surface area contributed by atoms with Crippen molar-refractivity contribution in [2.75, 3.05) is 0 Å². The van der Waals surface area contributed by atoms with Crippen LogP contribution in [-0.2, 0) is 0 Å². The molecule has 0 N–H and O–H groups in total. The van der Waals surface area contributed by atoms with E-state index in [9.17, 15) is 0 Å². The minimum atomic E-state index is 0.152. The van der Waals surface area contributed by atoms with E-state index >= 15 is 0 Å². The lowest BCUT2D eigenvalue weighted by atomic mass is 9.84. The van der Waals surface area contributed by atoms with Gasteiger partial charge in [0.2, 0.25) is 0 Å². The first-order chi connectivity index (χ1) is 5.04. The Hall–Kier alpha value is -0.590. The lowest BCUT2D eigenvalue weighted by molar-refractivity contribution is 0.345. The molecular formula is C10H17N. The van der Waals surface area contributed by atoms with Crippen molar-refractivity contribution in [3.63, 3.8) is 0 Å². The number of rotatable bonds is 1. The Morgan fingerprint density at radius 3 is 2.55 bits per heavy atom. The van der Waals surface area contributed by atoms with Gasteiger partial charge in [0.1, 0.15) is 0 Å². The van der Waals surface area contributed by atoms with Crippen LogP contribution in [0.5, 0.6) is 0 Å². The van der Waals surface area contributed by atoms with Gasteiger partial charge in [-0.1, -0.05) is 19.9 Å². The average molecular weight is 151 g/mol. The number of hydrogen-bond donors (Lipinski definition) is 0. The zero-order valence-corrected chi connectivity index (χ0v) is 7.89. The molecule has 1 heteroatoms. The molecule has 0 spiro atoms. The SMILES string of the molecule is CC1=CCC(C)(C(C)C)N=C1. The second kappa shape index (κ2) is 2.80. The summed E-state index contributed by atoms with van der Waals surface area (Å²) in [7, 11) is 0. The van der Waals surface area contributed by atoms with Crippen LogP contribution in [0.15, 0.2) is 16.6 Å². The molecule has 62 valence electrons. The summed E-state index contributed by atoms with van der Waals surface area (Å²) in [4.78, 5) is 4.55. The van der Waals surface area contributed by atoms with Gasteiger partial charge in [-0.3, -0.25) is 4.99 Å². The van der Waals surface area contributed by atoms with Gasteiger partial charge < -0.3 is 0 Å². The Morgan fingerprint density at radius 1 is 1.55 bits per heavy atom. The molecule has 1 nitrogen and oxygen atoms in total. The number of allylic oxidation sites excluding steroid dienone is 1. The van der Waals surface area contributed by atoms with Crippen molar-refractivity contribution in [1.82, 2.24) is 0 Å². The fourth-order valence-electron chi connectivity index (χ4n) is 1.11. The van der Waals surface area contributed by atoms with E-state index in [-0.39, 0.29) is 5.54 Å². The van der Waals surface area contributed by atoms with Crippen LogP contribution in [0.1, 0.15) is 34.1 Å². The highest BCUT2D eigenvalue weighted by Gasteiger charge is 2.26. The molecule has 0 aromatic carbocycles. The molecule has 1 heterocycles. The molecule has 1 aliphatic heterocycles. The van der Waals surface area contributed by atoms with Crippen LogP contribution in [0.2, 0.25) is 0 Å². The largest absolute Gasteiger partial charge is 0.286 e. The van der Waals surface area contributed by atoms with Gasteiger partial charge >= 0.3 is 0 Å². The molecule has 0 amide bonds. The van der Waals surface area contributed by atoms with Gasteiger partial charge in [0, 0.05) is 6.21 Å². The van der Waals surface area contributed by atoms with Crippen LogP contribution >= 0.6 is 0 Å². The molecule has 1 aliphatic rings. The minimum Gasteiger partial charge on any atom is -0.286 e. The molecule has 1 atom stereocenters. The maximum absolute atomic E-state index is 4.55. The molecule has 0 bridgehead atoms. The summed E-state index contributed by atoms with van der Waals surface area (Å²) in [6.45, 7) is 8.78. The maximum Gasteiger partial charge on any atom is 0.0637 e. The topological polar surface area (TPSA) is 12.4 Å². The zero-order valence-electron chi connectivity index (χ0n) is 7.89. The van der Waals surface area contributed by atoms with Crippen LogP contribution in [0.25, 0.3) is 0 Å². The average Bonchev–Trinajstić information content (AvgIpc) is 1.95. The summed E-state index contributed by atoms with van der Waals surface area (Å²) < 4.78 is 0. The van der Waals surface area contributed by atoms with Crippen molar-refractivity contribution in [2.45, 2.75) is 39.7 Å². The van der Waals surface area contributed by atoms with E-state index in [1.807, 2.05) is 6.21 Å². The zero-order chi connectivity index (χ0) is 8.48. The normalized spacial score (nSPS) is 30.8. The smallest absolute Gasteiger partial charge is 0.0637 e. The third-order valence-electron chi connectivity index (χ3n) is 2.64. The fraction of sp³-hybridized carbons (Fsp3) is 0.700. The molecule has 0 saturated carbocycles. The van der Waals surface area contributed by atoms with Crippen molar-refractivity contribution in [2.24, 2.45) is 10.9 Å². The Labute approximate surface area is 69.2 Å². The molecule has 0 aromatic rings. The monoisotopic (exact) mass is 151 g/mol. The van der Waals surface area contributed by atoms with Gasteiger partial charge in [0.25, 0.3) is 0 Å². The molecule has 0 aromatic heterocycles. The summed E-state index contributed by atoms with van der Waals surface area (Å²) in [5.41, 5.74) is 1.45. The Morgan fingerprint density at radius 2 is 2.18 bits per heavy atom. The predicted octanol–water partition coefficient (Wildman–Crippen LogP) is 2.82. The lowest BCUT2D eigenvalue weighted by Crippen LogP contribution is -2.30. The first-order valence-electron chi connectivity index (χ1n) is 4.26. The number of hydrogen-bond acceptors (Lipinski definition) is 1. The fourth-order valence-corrected chi connectivity index (χ4v) is 1.11. The van der Waals surface area contributed by atoms with Crippen molar-refractivity contribution in [1.29, 1.82) is 0 Å². The van der Waals surface area contributed by atoms with Crippen LogP contribution in [0.3, 0.4) is 0 Å². The highest BCUT2D eigenvalue weighted by Crippen LogP contribution is 2.28. The molecule has 0 saturated heterocycles. The van der Waals surface area contributed by atoms with E-state index < -0.39 is 0 Å². The number of nitrogens with zero attached hydrogens (tertiary/aromatic N) is 1. The predicted molar refractivity (Wildman–Crippen MR) is 50.1 cm³/mol. The third-order valence-corrected chi connectivity index (χ3v) is 2.64. The molecule has 0 aliphatic carbocycles. The van der Waals surface area contributed by atoms with Crippen LogP contribution < -0.4 is 0 Å². The van der Waals surface area contributed by atoms with Crippen molar-refractivity contribution in [3.05, 3.63) is 11.6 Å². The van der Waals surface area contributed by atoms with E-state index in [1.165, 1.54) is 5.57 Å². The highest BCUT2D eigenvalue weighted by molar-refractivity contribution is 5.79. The van der Waals surface area contributed by atoms with Crippen LogP contribution in [-0.4, -0.2) is 11.8 Å². The quantitative estimate of drug-likeness (QED) is 0.546. The molecule has 1 rings (SSSR count). The third kappa shape index (κ3) is 1.70. The summed E-state index contributed by atoms with van der Waals surface area (Å²) in [6, 6.07) is 0. The lowest BCUT2D eigenvalue weighted by Gasteiger charge is -2.30. The van der Waals surface area contributed by atoms with E-state index in [2.05, 4.69) is 38.8 Å². The van der Waals surface area contributed by atoms with Gasteiger partial charge in [0.15, 0.2) is 0 Å². The standard InChI is InChI=1S/C10H17N/c1-8(2)10(4)6-5-9(3)7-11-10/h5,7-8H,6H2,1-4H3. The number of aliphatic imine (C=N–C) groups is 1. The molecule has 0 radical (unpaired) electrons. The summed E-state index contributed by atoms with van der Waals surface area (Å²) >= 11 is 0. The van der Waals surface area contributed by atoms with E-state index in [0.717, 1.165) is 6.42 Å². The molecule has 11 heavy (non-hydrogen) atoms. The Bertz CT molecular complexity index is 201. The summed E-state index contributed by atoms with van der Waals surface area (Å²) in [5.74, 6) is 0.628. The highest BCUT2D eigenvalue weighted by atomic mass is 14.9. The van der Waals surface area contributed by atoms with Gasteiger partial charge in [-0.2, -0.15) is 0 Å². The Balaban J connectivity index is 2.74. The van der Waals surface area contributed by atoms with Gasteiger partial charge in [-0.25, -0.2) is 0 Å². The summed E-state index contributed by atoms with van der Waals surface area (Å²) in [6.07, 6.45) is 5.35. The maximum atomic E-state index is 4.55. The Kier molecular flexibility index (Phi) is 2.17. The van der Waals surface area contributed by atoms with E-state index in [4.69, 9.17) is 0 Å². The van der Waals surface area contributed by atoms with Crippen LogP contribution in [0, 0.1) is 5.92 Å². The first kappa shape index (κ1) is 8.51. The second-order valence-electron chi connectivity index (χ2n) is 3.92. The van der Waals surface area contributed by atoms with Gasteiger partial charge in [-0.15, -0.1) is 0 Å². The minimum absolute atomic E-state index is 0.152. The van der Waals surface area contributed by atoms with Crippen molar-refractivity contribution >= 4 is 6.21 Å². The van der Waals surface area contributed by atoms with E-state index in [0.29, 0.717) is 5.92 Å². The van der Waals surface area contributed by atoms with Gasteiger partial charge in [-0.05, 0) is 31.8 Å².